The molecule has 4 heteroatoms. The first-order chi connectivity index (χ1) is 12.0. The van der Waals surface area contributed by atoms with Crippen molar-refractivity contribution in [3.8, 4) is 11.5 Å². The molecule has 2 aromatic carbocycles. The van der Waals surface area contributed by atoms with Crippen molar-refractivity contribution in [3.05, 3.63) is 59.2 Å². The van der Waals surface area contributed by atoms with Crippen LogP contribution in [0.25, 0.3) is 0 Å². The van der Waals surface area contributed by atoms with Gasteiger partial charge >= 0.3 is 0 Å². The largest absolute Gasteiger partial charge is 0.493 e. The van der Waals surface area contributed by atoms with Gasteiger partial charge in [0.15, 0.2) is 17.6 Å². The SMILES string of the molecule is CC[C@H](Oc1ccccc1OC)C(=O)N[C@@H](C)c1ccc(C)c(C)c1. The van der Waals surface area contributed by atoms with E-state index in [2.05, 4.69) is 37.4 Å². The lowest BCUT2D eigenvalue weighted by atomic mass is 10.0. The average molecular weight is 341 g/mol. The zero-order valence-electron chi connectivity index (χ0n) is 15.6. The molecule has 0 heterocycles. The van der Waals surface area contributed by atoms with Crippen LogP contribution in [0.4, 0.5) is 0 Å². The number of hydrogen-bond acceptors (Lipinski definition) is 3. The van der Waals surface area contributed by atoms with Crippen LogP contribution in [0.1, 0.15) is 43.0 Å². The molecule has 0 bridgehead atoms. The molecule has 25 heavy (non-hydrogen) atoms. The van der Waals surface area contributed by atoms with Crippen molar-refractivity contribution in [1.29, 1.82) is 0 Å². The van der Waals surface area contributed by atoms with E-state index in [1.807, 2.05) is 38.1 Å². The Morgan fingerprint density at radius 3 is 2.36 bits per heavy atom. The Balaban J connectivity index is 2.07. The molecule has 4 nitrogen and oxygen atoms in total. The third kappa shape index (κ3) is 4.75. The van der Waals surface area contributed by atoms with E-state index in [1.165, 1.54) is 11.1 Å². The molecular formula is C21H27NO3. The maximum absolute atomic E-state index is 12.6. The second kappa shape index (κ2) is 8.56. The van der Waals surface area contributed by atoms with E-state index in [0.29, 0.717) is 17.9 Å². The molecule has 0 fully saturated rings. The van der Waals surface area contributed by atoms with E-state index >= 15 is 0 Å². The summed E-state index contributed by atoms with van der Waals surface area (Å²) in [6.07, 6.45) is 0.00840. The van der Waals surface area contributed by atoms with Crippen LogP contribution in [-0.2, 0) is 4.79 Å². The van der Waals surface area contributed by atoms with Crippen molar-refractivity contribution in [2.45, 2.75) is 46.3 Å². The normalized spacial score (nSPS) is 13.0. The fourth-order valence-corrected chi connectivity index (χ4v) is 2.62. The van der Waals surface area contributed by atoms with Crippen LogP contribution >= 0.6 is 0 Å². The molecule has 134 valence electrons. The maximum Gasteiger partial charge on any atom is 0.261 e. The summed E-state index contributed by atoms with van der Waals surface area (Å²) in [6.45, 7) is 8.07. The van der Waals surface area contributed by atoms with E-state index in [1.54, 1.807) is 7.11 Å². The van der Waals surface area contributed by atoms with Crippen LogP contribution < -0.4 is 14.8 Å². The lowest BCUT2D eigenvalue weighted by Gasteiger charge is -2.22. The Morgan fingerprint density at radius 2 is 1.76 bits per heavy atom. The highest BCUT2D eigenvalue weighted by molar-refractivity contribution is 5.81. The summed E-state index contributed by atoms with van der Waals surface area (Å²) in [4.78, 5) is 12.6. The zero-order chi connectivity index (χ0) is 18.4. The van der Waals surface area contributed by atoms with Crippen molar-refractivity contribution in [3.63, 3.8) is 0 Å². The van der Waals surface area contributed by atoms with Crippen molar-refractivity contribution in [1.82, 2.24) is 5.32 Å². The summed E-state index contributed by atoms with van der Waals surface area (Å²) in [5.41, 5.74) is 3.55. The van der Waals surface area contributed by atoms with Crippen LogP contribution in [0.5, 0.6) is 11.5 Å². The summed E-state index contributed by atoms with van der Waals surface area (Å²) < 4.78 is 11.2. The van der Waals surface area contributed by atoms with Crippen LogP contribution in [0, 0.1) is 13.8 Å². The van der Waals surface area contributed by atoms with Crippen molar-refractivity contribution in [2.75, 3.05) is 7.11 Å². The number of benzene rings is 2. The van der Waals surface area contributed by atoms with Crippen LogP contribution in [0.15, 0.2) is 42.5 Å². The third-order valence-electron chi connectivity index (χ3n) is 4.39. The Labute approximate surface area is 150 Å². The Hall–Kier alpha value is -2.49. The van der Waals surface area contributed by atoms with Gasteiger partial charge in [-0.25, -0.2) is 0 Å². The van der Waals surface area contributed by atoms with Gasteiger partial charge < -0.3 is 14.8 Å². The number of hydrogen-bond donors (Lipinski definition) is 1. The van der Waals surface area contributed by atoms with Crippen molar-refractivity contribution in [2.24, 2.45) is 0 Å². The molecule has 0 aliphatic carbocycles. The molecule has 0 saturated heterocycles. The first kappa shape index (κ1) is 18.8. The number of aryl methyl sites for hydroxylation is 2. The van der Waals surface area contributed by atoms with Gasteiger partial charge in [-0.2, -0.15) is 0 Å². The molecule has 2 rings (SSSR count). The molecule has 1 amide bonds. The van der Waals surface area contributed by atoms with Gasteiger partial charge in [-0.15, -0.1) is 0 Å². The van der Waals surface area contributed by atoms with Crippen molar-refractivity contribution >= 4 is 5.91 Å². The topological polar surface area (TPSA) is 47.6 Å². The zero-order valence-corrected chi connectivity index (χ0v) is 15.6. The van der Waals surface area contributed by atoms with E-state index in [-0.39, 0.29) is 11.9 Å². The van der Waals surface area contributed by atoms with E-state index in [9.17, 15) is 4.79 Å². The molecular weight excluding hydrogens is 314 g/mol. The van der Waals surface area contributed by atoms with Gasteiger partial charge in [0.25, 0.3) is 5.91 Å². The number of carbonyl (C=O) groups excluding carboxylic acids is 1. The molecule has 0 spiro atoms. The number of para-hydroxylation sites is 2. The fourth-order valence-electron chi connectivity index (χ4n) is 2.62. The monoisotopic (exact) mass is 341 g/mol. The first-order valence-electron chi connectivity index (χ1n) is 8.63. The van der Waals surface area contributed by atoms with Gasteiger partial charge in [0.05, 0.1) is 13.2 Å². The van der Waals surface area contributed by atoms with E-state index in [0.717, 1.165) is 5.56 Å². The molecule has 0 aromatic heterocycles. The lowest BCUT2D eigenvalue weighted by Crippen LogP contribution is -2.39. The average Bonchev–Trinajstić information content (AvgIpc) is 2.61. The van der Waals surface area contributed by atoms with Crippen LogP contribution in [0.3, 0.4) is 0 Å². The van der Waals surface area contributed by atoms with E-state index < -0.39 is 6.10 Å². The second-order valence-electron chi connectivity index (χ2n) is 6.24. The Morgan fingerprint density at radius 1 is 1.08 bits per heavy atom. The van der Waals surface area contributed by atoms with E-state index in [4.69, 9.17) is 9.47 Å². The summed E-state index contributed by atoms with van der Waals surface area (Å²) in [7, 11) is 1.59. The minimum absolute atomic E-state index is 0.0814. The molecule has 2 atom stereocenters. The number of amides is 1. The number of ether oxygens (including phenoxy) is 2. The highest BCUT2D eigenvalue weighted by Crippen LogP contribution is 2.27. The molecule has 0 aliphatic heterocycles. The van der Waals surface area contributed by atoms with Gasteiger partial charge in [-0.1, -0.05) is 37.3 Å². The molecule has 0 aliphatic rings. The highest BCUT2D eigenvalue weighted by Gasteiger charge is 2.22. The highest BCUT2D eigenvalue weighted by atomic mass is 16.5. The number of nitrogens with one attached hydrogen (secondary N) is 1. The smallest absolute Gasteiger partial charge is 0.261 e. The van der Waals surface area contributed by atoms with Gasteiger partial charge in [-0.05, 0) is 56.0 Å². The summed E-state index contributed by atoms with van der Waals surface area (Å²) in [5.74, 6) is 1.07. The predicted molar refractivity (Wildman–Crippen MR) is 100 cm³/mol. The number of methoxy groups -OCH3 is 1. The fraction of sp³-hybridized carbons (Fsp3) is 0.381. The van der Waals surface area contributed by atoms with Crippen LogP contribution in [0.2, 0.25) is 0 Å². The third-order valence-corrected chi connectivity index (χ3v) is 4.39. The predicted octanol–water partition coefficient (Wildman–Crippen LogP) is 4.35. The second-order valence-corrected chi connectivity index (χ2v) is 6.24. The molecule has 0 radical (unpaired) electrons. The standard InChI is InChI=1S/C21H27NO3/c1-6-18(25-20-10-8-7-9-19(20)24-5)21(23)22-16(4)17-12-11-14(2)15(3)13-17/h7-13,16,18H,6H2,1-5H3,(H,22,23)/t16-,18-/m0/s1. The van der Waals surface area contributed by atoms with Gasteiger partial charge in [0.1, 0.15) is 0 Å². The summed E-state index contributed by atoms with van der Waals surface area (Å²) >= 11 is 0. The quantitative estimate of drug-likeness (QED) is 0.814. The minimum Gasteiger partial charge on any atom is -0.493 e. The summed E-state index contributed by atoms with van der Waals surface area (Å²) in [6, 6.07) is 13.5. The van der Waals surface area contributed by atoms with Gasteiger partial charge in [-0.3, -0.25) is 4.79 Å². The Kier molecular flexibility index (Phi) is 6.45. The lowest BCUT2D eigenvalue weighted by molar-refractivity contribution is -0.128. The van der Waals surface area contributed by atoms with Gasteiger partial charge in [0.2, 0.25) is 0 Å². The minimum atomic E-state index is -0.565. The maximum atomic E-state index is 12.6. The summed E-state index contributed by atoms with van der Waals surface area (Å²) in [5, 5.41) is 3.05. The number of rotatable bonds is 7. The van der Waals surface area contributed by atoms with Crippen LogP contribution in [-0.4, -0.2) is 19.1 Å². The molecule has 1 N–H and O–H groups in total. The first-order valence-corrected chi connectivity index (χ1v) is 8.63. The molecule has 2 aromatic rings. The van der Waals surface area contributed by atoms with Crippen molar-refractivity contribution < 1.29 is 14.3 Å². The molecule has 0 unspecified atom stereocenters. The Bertz CT molecular complexity index is 727. The van der Waals surface area contributed by atoms with Gasteiger partial charge in [0, 0.05) is 0 Å². The molecule has 0 saturated carbocycles. The number of carbonyl (C=O) groups is 1.